The fraction of sp³-hybridized carbons (Fsp3) is 0.0526. The Labute approximate surface area is 149 Å². The summed E-state index contributed by atoms with van der Waals surface area (Å²) in [6.45, 7) is 0. The van der Waals surface area contributed by atoms with Crippen LogP contribution in [0.25, 0.3) is 0 Å². The standard InChI is InChI=1S/C19H14F3NO2S/c20-15-11-12-16(18(22)17(15)21)26(24,25)23-19(13-7-3-1-4-8-13)14-9-5-2-6-10-14/h1-12,19,23H. The molecule has 0 atom stereocenters. The topological polar surface area (TPSA) is 46.2 Å². The highest BCUT2D eigenvalue weighted by Crippen LogP contribution is 2.26. The average Bonchev–Trinajstić information content (AvgIpc) is 2.65. The zero-order chi connectivity index (χ0) is 18.7. The van der Waals surface area contributed by atoms with Crippen molar-refractivity contribution < 1.29 is 21.6 Å². The Morgan fingerprint density at radius 3 is 1.69 bits per heavy atom. The van der Waals surface area contributed by atoms with Gasteiger partial charge in [-0.3, -0.25) is 0 Å². The minimum Gasteiger partial charge on any atom is -0.207 e. The lowest BCUT2D eigenvalue weighted by atomic mass is 10.00. The molecule has 0 aliphatic carbocycles. The molecule has 1 N–H and O–H groups in total. The van der Waals surface area contributed by atoms with Gasteiger partial charge in [-0.15, -0.1) is 0 Å². The molecule has 0 aliphatic heterocycles. The van der Waals surface area contributed by atoms with Gasteiger partial charge in [-0.1, -0.05) is 60.7 Å². The van der Waals surface area contributed by atoms with Gasteiger partial charge in [0.05, 0.1) is 6.04 Å². The molecule has 3 rings (SSSR count). The molecule has 7 heteroatoms. The zero-order valence-electron chi connectivity index (χ0n) is 13.4. The van der Waals surface area contributed by atoms with Gasteiger partial charge < -0.3 is 0 Å². The number of halogens is 3. The number of hydrogen-bond acceptors (Lipinski definition) is 2. The minimum absolute atomic E-state index is 0.576. The van der Waals surface area contributed by atoms with Gasteiger partial charge >= 0.3 is 0 Å². The maximum Gasteiger partial charge on any atom is 0.244 e. The van der Waals surface area contributed by atoms with Crippen molar-refractivity contribution in [3.63, 3.8) is 0 Å². The molecule has 3 aromatic rings. The molecular weight excluding hydrogens is 363 g/mol. The van der Waals surface area contributed by atoms with Crippen molar-refractivity contribution in [1.82, 2.24) is 4.72 Å². The van der Waals surface area contributed by atoms with Crippen molar-refractivity contribution >= 4 is 10.0 Å². The fourth-order valence-electron chi connectivity index (χ4n) is 2.55. The van der Waals surface area contributed by atoms with E-state index in [9.17, 15) is 21.6 Å². The van der Waals surface area contributed by atoms with Crippen molar-refractivity contribution in [2.45, 2.75) is 10.9 Å². The molecule has 0 saturated carbocycles. The van der Waals surface area contributed by atoms with Crippen LogP contribution in [0.2, 0.25) is 0 Å². The third-order valence-electron chi connectivity index (χ3n) is 3.83. The molecule has 0 heterocycles. The second kappa shape index (κ2) is 7.31. The Bertz CT molecular complexity index is 970. The molecule has 0 saturated heterocycles. The molecule has 0 aliphatic rings. The van der Waals surface area contributed by atoms with Gasteiger partial charge in [-0.25, -0.2) is 21.6 Å². The highest BCUT2D eigenvalue weighted by atomic mass is 32.2. The van der Waals surface area contributed by atoms with E-state index >= 15 is 0 Å². The summed E-state index contributed by atoms with van der Waals surface area (Å²) < 4.78 is 68.2. The first kappa shape index (κ1) is 18.2. The van der Waals surface area contributed by atoms with E-state index in [0.29, 0.717) is 23.3 Å². The molecule has 0 spiro atoms. The summed E-state index contributed by atoms with van der Waals surface area (Å²) in [5.74, 6) is -5.04. The number of benzene rings is 3. The van der Waals surface area contributed by atoms with Gasteiger partial charge in [-0.2, -0.15) is 4.72 Å². The third-order valence-corrected chi connectivity index (χ3v) is 5.27. The lowest BCUT2D eigenvalue weighted by molar-refractivity contribution is 0.431. The summed E-state index contributed by atoms with van der Waals surface area (Å²) in [5.41, 5.74) is 1.23. The molecule has 0 fully saturated rings. The normalized spacial score (nSPS) is 11.7. The van der Waals surface area contributed by atoms with Crippen molar-refractivity contribution in [2.24, 2.45) is 0 Å². The van der Waals surface area contributed by atoms with Crippen LogP contribution >= 0.6 is 0 Å². The Balaban J connectivity index is 2.06. The quantitative estimate of drug-likeness (QED) is 0.679. The van der Waals surface area contributed by atoms with Gasteiger partial charge in [0.1, 0.15) is 4.90 Å². The van der Waals surface area contributed by atoms with E-state index in [1.165, 1.54) is 0 Å². The molecule has 0 aromatic heterocycles. The Morgan fingerprint density at radius 2 is 1.19 bits per heavy atom. The second-order valence-corrected chi connectivity index (χ2v) is 7.23. The number of nitrogens with one attached hydrogen (secondary N) is 1. The molecule has 26 heavy (non-hydrogen) atoms. The second-order valence-electron chi connectivity index (χ2n) is 5.55. The molecule has 0 unspecified atom stereocenters. The molecule has 0 radical (unpaired) electrons. The van der Waals surface area contributed by atoms with Gasteiger partial charge in [-0.05, 0) is 23.3 Å². The lowest BCUT2D eigenvalue weighted by Crippen LogP contribution is -2.30. The minimum atomic E-state index is -4.46. The third kappa shape index (κ3) is 3.63. The van der Waals surface area contributed by atoms with Gasteiger partial charge in [0.25, 0.3) is 0 Å². The zero-order valence-corrected chi connectivity index (χ0v) is 14.2. The maximum atomic E-state index is 14.0. The predicted octanol–water partition coefficient (Wildman–Crippen LogP) is 4.17. The van der Waals surface area contributed by atoms with Crippen molar-refractivity contribution in [3.8, 4) is 0 Å². The van der Waals surface area contributed by atoms with Crippen LogP contribution < -0.4 is 4.72 Å². The van der Waals surface area contributed by atoms with Gasteiger partial charge in [0, 0.05) is 0 Å². The lowest BCUT2D eigenvalue weighted by Gasteiger charge is -2.20. The predicted molar refractivity (Wildman–Crippen MR) is 91.4 cm³/mol. The van der Waals surface area contributed by atoms with Crippen LogP contribution in [-0.4, -0.2) is 8.42 Å². The maximum absolute atomic E-state index is 14.0. The van der Waals surface area contributed by atoms with Crippen LogP contribution in [0.15, 0.2) is 77.7 Å². The van der Waals surface area contributed by atoms with Crippen LogP contribution in [0.1, 0.15) is 17.2 Å². The van der Waals surface area contributed by atoms with E-state index in [4.69, 9.17) is 0 Å². The van der Waals surface area contributed by atoms with E-state index in [-0.39, 0.29) is 0 Å². The van der Waals surface area contributed by atoms with E-state index in [1.54, 1.807) is 60.7 Å². The summed E-state index contributed by atoms with van der Waals surface area (Å²) in [6, 6.07) is 17.8. The Kier molecular flexibility index (Phi) is 5.11. The molecule has 0 bridgehead atoms. The Hall–Kier alpha value is -2.64. The van der Waals surface area contributed by atoms with Crippen LogP contribution in [0.4, 0.5) is 13.2 Å². The van der Waals surface area contributed by atoms with Crippen LogP contribution in [-0.2, 0) is 10.0 Å². The summed E-state index contributed by atoms with van der Waals surface area (Å²) in [6.07, 6.45) is 0. The van der Waals surface area contributed by atoms with E-state index in [0.717, 1.165) is 0 Å². The van der Waals surface area contributed by atoms with Crippen molar-refractivity contribution in [3.05, 3.63) is 101 Å². The fourth-order valence-corrected chi connectivity index (χ4v) is 3.84. The number of hydrogen-bond donors (Lipinski definition) is 1. The summed E-state index contributed by atoms with van der Waals surface area (Å²) >= 11 is 0. The van der Waals surface area contributed by atoms with Crippen LogP contribution in [0.5, 0.6) is 0 Å². The molecular formula is C19H14F3NO2S. The average molecular weight is 377 g/mol. The van der Waals surface area contributed by atoms with Crippen LogP contribution in [0.3, 0.4) is 0 Å². The summed E-state index contributed by atoms with van der Waals surface area (Å²) in [5, 5.41) is 0. The smallest absolute Gasteiger partial charge is 0.207 e. The monoisotopic (exact) mass is 377 g/mol. The highest BCUT2D eigenvalue weighted by molar-refractivity contribution is 7.89. The first-order valence-electron chi connectivity index (χ1n) is 7.66. The first-order chi connectivity index (χ1) is 12.4. The first-order valence-corrected chi connectivity index (χ1v) is 9.14. The van der Waals surface area contributed by atoms with Gasteiger partial charge in [0.2, 0.25) is 10.0 Å². The van der Waals surface area contributed by atoms with Gasteiger partial charge in [0.15, 0.2) is 17.5 Å². The number of rotatable bonds is 5. The molecule has 0 amide bonds. The SMILES string of the molecule is O=S(=O)(NC(c1ccccc1)c1ccccc1)c1ccc(F)c(F)c1F. The number of sulfonamides is 1. The molecule has 3 aromatic carbocycles. The van der Waals surface area contributed by atoms with Crippen LogP contribution in [0, 0.1) is 17.5 Å². The summed E-state index contributed by atoms with van der Waals surface area (Å²) in [4.78, 5) is -0.951. The van der Waals surface area contributed by atoms with Crippen molar-refractivity contribution in [1.29, 1.82) is 0 Å². The molecule has 134 valence electrons. The van der Waals surface area contributed by atoms with E-state index in [2.05, 4.69) is 4.72 Å². The highest BCUT2D eigenvalue weighted by Gasteiger charge is 2.28. The van der Waals surface area contributed by atoms with E-state index < -0.39 is 38.4 Å². The summed E-state index contributed by atoms with van der Waals surface area (Å²) in [7, 11) is -4.46. The van der Waals surface area contributed by atoms with Crippen molar-refractivity contribution in [2.75, 3.05) is 0 Å². The molecule has 3 nitrogen and oxygen atoms in total. The Morgan fingerprint density at radius 1 is 0.692 bits per heavy atom. The largest absolute Gasteiger partial charge is 0.244 e. The van der Waals surface area contributed by atoms with E-state index in [1.807, 2.05) is 0 Å².